The summed E-state index contributed by atoms with van der Waals surface area (Å²) in [5.41, 5.74) is -1.46. The Morgan fingerprint density at radius 3 is 2.14 bits per heavy atom. The second kappa shape index (κ2) is 3.64. The quantitative estimate of drug-likeness (QED) is 0.615. The smallest absolute Gasteiger partial charge is 0.166 e. The Morgan fingerprint density at radius 1 is 1.14 bits per heavy atom. The summed E-state index contributed by atoms with van der Waals surface area (Å²) in [5, 5.41) is 7.65. The van der Waals surface area contributed by atoms with Gasteiger partial charge in [0.05, 0.1) is 10.6 Å². The average Bonchev–Trinajstić information content (AvgIpc) is 2.02. The minimum absolute atomic E-state index is 0.148. The van der Waals surface area contributed by atoms with E-state index < -0.39 is 16.8 Å². The minimum Gasteiger partial charge on any atom is -0.166 e. The van der Waals surface area contributed by atoms with Crippen LogP contribution in [0.2, 0.25) is 10.0 Å². The lowest BCUT2D eigenvalue weighted by Crippen LogP contribution is -2.05. The summed E-state index contributed by atoms with van der Waals surface area (Å²) in [6, 6.07) is 1.45. The Morgan fingerprint density at radius 2 is 1.71 bits per heavy atom. The third-order valence-corrected chi connectivity index (χ3v) is 2.07. The second-order valence-corrected chi connectivity index (χ2v) is 3.20. The predicted molar refractivity (Wildman–Crippen MR) is 46.2 cm³/mol. The molecule has 0 aromatic heterocycles. The fourth-order valence-corrected chi connectivity index (χ4v) is 1.36. The molecule has 0 unspecified atom stereocenters. The summed E-state index contributed by atoms with van der Waals surface area (Å²) in [6.45, 7) is 0. The molecule has 0 saturated heterocycles. The second-order valence-electron chi connectivity index (χ2n) is 2.38. The molecule has 2 nitrogen and oxygen atoms in total. The van der Waals surface area contributed by atoms with Crippen LogP contribution in [0.5, 0.6) is 0 Å². The van der Waals surface area contributed by atoms with Gasteiger partial charge in [0.2, 0.25) is 5.39 Å². The van der Waals surface area contributed by atoms with Gasteiger partial charge in [0.15, 0.2) is 4.98 Å². The molecule has 0 heterocycles. The molecule has 0 aliphatic heterocycles. The van der Waals surface area contributed by atoms with Gasteiger partial charge in [-0.05, 0) is 6.07 Å². The summed E-state index contributed by atoms with van der Waals surface area (Å²) in [6.07, 6.45) is -4.60. The summed E-state index contributed by atoms with van der Waals surface area (Å²) in [4.78, 5) is 2.59. The Balaban J connectivity index is 3.41. The van der Waals surface area contributed by atoms with Gasteiger partial charge in [0.25, 0.3) is 0 Å². The molecule has 0 N–H and O–H groups in total. The third-order valence-electron chi connectivity index (χ3n) is 1.45. The van der Waals surface area contributed by atoms with Crippen LogP contribution in [-0.4, -0.2) is 0 Å². The van der Waals surface area contributed by atoms with E-state index in [1.165, 1.54) is 0 Å². The maximum Gasteiger partial charge on any atom is 0.418 e. The standard InChI is InChI=1S/C7H2Cl2F3N2/c8-4-2-5(9)6(14-13)1-3(4)7(10,11)12/h1-2H/q+1. The number of benzene rings is 1. The van der Waals surface area contributed by atoms with Crippen molar-refractivity contribution >= 4 is 28.9 Å². The molecule has 1 rings (SSSR count). The Bertz CT molecular complexity index is 409. The van der Waals surface area contributed by atoms with Gasteiger partial charge in [0.1, 0.15) is 5.02 Å². The molecule has 0 atom stereocenters. The highest BCUT2D eigenvalue weighted by Gasteiger charge is 2.36. The Labute approximate surface area is 86.9 Å². The van der Waals surface area contributed by atoms with Crippen molar-refractivity contribution < 1.29 is 13.2 Å². The largest absolute Gasteiger partial charge is 0.418 e. The number of nitrogens with zero attached hydrogens (tertiary/aromatic N) is 2. The van der Waals surface area contributed by atoms with Crippen LogP contribution < -0.4 is 0 Å². The Hall–Kier alpha value is -0.990. The molecule has 74 valence electrons. The highest BCUT2D eigenvalue weighted by atomic mass is 35.5. The zero-order chi connectivity index (χ0) is 10.9. The maximum atomic E-state index is 12.2. The number of hydrogen-bond donors (Lipinski definition) is 0. The zero-order valence-corrected chi connectivity index (χ0v) is 7.95. The van der Waals surface area contributed by atoms with Crippen LogP contribution in [0.15, 0.2) is 12.1 Å². The number of alkyl halides is 3. The number of rotatable bonds is 0. The predicted octanol–water partition coefficient (Wildman–Crippen LogP) is 4.50. The molecule has 0 aliphatic rings. The van der Waals surface area contributed by atoms with E-state index in [0.29, 0.717) is 6.07 Å². The molecule has 7 heteroatoms. The van der Waals surface area contributed by atoms with E-state index in [2.05, 4.69) is 4.98 Å². The van der Waals surface area contributed by atoms with E-state index in [9.17, 15) is 13.2 Å². The van der Waals surface area contributed by atoms with Crippen molar-refractivity contribution in [1.82, 2.24) is 0 Å². The molecule has 1 aromatic carbocycles. The van der Waals surface area contributed by atoms with Crippen molar-refractivity contribution in [2.75, 3.05) is 0 Å². The molecule has 0 spiro atoms. The summed E-state index contributed by atoms with van der Waals surface area (Å²) in [7, 11) is 0. The van der Waals surface area contributed by atoms with Gasteiger partial charge in [0, 0.05) is 6.07 Å². The summed E-state index contributed by atoms with van der Waals surface area (Å²) in [5.74, 6) is 0. The summed E-state index contributed by atoms with van der Waals surface area (Å²) < 4.78 is 36.7. The molecule has 0 amide bonds. The summed E-state index contributed by atoms with van der Waals surface area (Å²) >= 11 is 10.8. The lowest BCUT2D eigenvalue weighted by molar-refractivity contribution is -0.137. The number of diazo groups is 1. The normalized spacial score (nSPS) is 11.1. The first kappa shape index (κ1) is 11.1. The SMILES string of the molecule is N#[N+]c1cc(C(F)(F)F)c(Cl)cc1Cl. The molecular weight excluding hydrogens is 240 g/mol. The van der Waals surface area contributed by atoms with E-state index in [-0.39, 0.29) is 10.7 Å². The van der Waals surface area contributed by atoms with Gasteiger partial charge in [-0.25, -0.2) is 0 Å². The lowest BCUT2D eigenvalue weighted by atomic mass is 10.2. The highest BCUT2D eigenvalue weighted by molar-refractivity contribution is 6.36. The third kappa shape index (κ3) is 2.08. The van der Waals surface area contributed by atoms with Gasteiger partial charge < -0.3 is 0 Å². The van der Waals surface area contributed by atoms with Crippen LogP contribution in [-0.2, 0) is 6.18 Å². The van der Waals surface area contributed by atoms with Crippen molar-refractivity contribution in [1.29, 1.82) is 5.39 Å². The first-order valence-electron chi connectivity index (χ1n) is 3.27. The van der Waals surface area contributed by atoms with Crippen molar-refractivity contribution in [3.8, 4) is 0 Å². The van der Waals surface area contributed by atoms with Gasteiger partial charge in [-0.3, -0.25) is 0 Å². The molecule has 0 bridgehead atoms. The van der Waals surface area contributed by atoms with Crippen LogP contribution in [0.25, 0.3) is 4.98 Å². The zero-order valence-electron chi connectivity index (χ0n) is 6.44. The van der Waals surface area contributed by atoms with Crippen LogP contribution in [0, 0.1) is 5.39 Å². The Kier molecular flexibility index (Phi) is 2.88. The van der Waals surface area contributed by atoms with Crippen LogP contribution >= 0.6 is 23.2 Å². The molecule has 14 heavy (non-hydrogen) atoms. The van der Waals surface area contributed by atoms with Crippen molar-refractivity contribution in [2.24, 2.45) is 0 Å². The average molecular weight is 242 g/mol. The number of halogens is 5. The van der Waals surface area contributed by atoms with Crippen LogP contribution in [0.4, 0.5) is 18.9 Å². The maximum absolute atomic E-state index is 12.2. The fraction of sp³-hybridized carbons (Fsp3) is 0.143. The molecule has 1 aromatic rings. The van der Waals surface area contributed by atoms with E-state index in [1.54, 1.807) is 0 Å². The van der Waals surface area contributed by atoms with Crippen molar-refractivity contribution in [3.63, 3.8) is 0 Å². The molecule has 0 radical (unpaired) electrons. The molecule has 0 aliphatic carbocycles. The van der Waals surface area contributed by atoms with Crippen LogP contribution in [0.1, 0.15) is 5.56 Å². The van der Waals surface area contributed by atoms with E-state index in [0.717, 1.165) is 6.07 Å². The first-order valence-corrected chi connectivity index (χ1v) is 4.03. The van der Waals surface area contributed by atoms with Gasteiger partial charge in [-0.2, -0.15) is 13.2 Å². The van der Waals surface area contributed by atoms with Gasteiger partial charge in [-0.15, -0.1) is 0 Å². The minimum atomic E-state index is -4.60. The van der Waals surface area contributed by atoms with E-state index in [1.807, 2.05) is 0 Å². The van der Waals surface area contributed by atoms with Gasteiger partial charge in [-0.1, -0.05) is 23.2 Å². The first-order chi connectivity index (χ1) is 6.36. The lowest BCUT2D eigenvalue weighted by Gasteiger charge is -2.06. The topological polar surface area (TPSA) is 28.1 Å². The molecule has 0 saturated carbocycles. The van der Waals surface area contributed by atoms with E-state index >= 15 is 0 Å². The fourth-order valence-electron chi connectivity index (χ4n) is 0.831. The van der Waals surface area contributed by atoms with Crippen LogP contribution in [0.3, 0.4) is 0 Å². The monoisotopic (exact) mass is 241 g/mol. The molecular formula is C7H2Cl2F3N2+. The highest BCUT2D eigenvalue weighted by Crippen LogP contribution is 2.40. The molecule has 0 fully saturated rings. The van der Waals surface area contributed by atoms with Crippen molar-refractivity contribution in [3.05, 3.63) is 32.7 Å². The van der Waals surface area contributed by atoms with E-state index in [4.69, 9.17) is 28.6 Å². The number of hydrogen-bond acceptors (Lipinski definition) is 1. The van der Waals surface area contributed by atoms with Crippen molar-refractivity contribution in [2.45, 2.75) is 6.18 Å². The van der Waals surface area contributed by atoms with Gasteiger partial charge >= 0.3 is 11.9 Å².